The number of likely N-dealkylation sites (tertiary alicyclic amines) is 1. The number of amides is 1. The number of thiazole rings is 1. The minimum Gasteiger partial charge on any atom is -0.460 e. The molecule has 0 unspecified atom stereocenters. The summed E-state index contributed by atoms with van der Waals surface area (Å²) < 4.78 is 5.75. The van der Waals surface area contributed by atoms with Crippen LogP contribution in [0.4, 0.5) is 0 Å². The van der Waals surface area contributed by atoms with Crippen molar-refractivity contribution in [2.75, 3.05) is 13.1 Å². The van der Waals surface area contributed by atoms with Crippen molar-refractivity contribution in [2.24, 2.45) is 0 Å². The first-order valence-corrected chi connectivity index (χ1v) is 8.81. The number of carbonyl (C=O) groups is 1. The zero-order chi connectivity index (χ0) is 16.1. The van der Waals surface area contributed by atoms with Crippen LogP contribution in [0, 0.1) is 0 Å². The van der Waals surface area contributed by atoms with Crippen LogP contribution in [0.3, 0.4) is 0 Å². The summed E-state index contributed by atoms with van der Waals surface area (Å²) in [6.07, 6.45) is 6.95. The van der Waals surface area contributed by atoms with Gasteiger partial charge in [-0.2, -0.15) is 0 Å². The van der Waals surface area contributed by atoms with Crippen molar-refractivity contribution in [3.05, 3.63) is 34.5 Å². The Morgan fingerprint density at radius 2 is 2.09 bits per heavy atom. The predicted molar refractivity (Wildman–Crippen MR) is 87.7 cm³/mol. The second kappa shape index (κ2) is 7.50. The fraction of sp³-hybridized carbons (Fsp3) is 0.500. The highest BCUT2D eigenvalue weighted by Gasteiger charge is 2.26. The van der Waals surface area contributed by atoms with Gasteiger partial charge in [-0.1, -0.05) is 6.92 Å². The Labute approximate surface area is 139 Å². The van der Waals surface area contributed by atoms with Crippen molar-refractivity contribution in [1.29, 1.82) is 0 Å². The number of carbonyl (C=O) groups excluding carboxylic acids is 1. The molecule has 3 rings (SSSR count). The molecule has 1 saturated heterocycles. The van der Waals surface area contributed by atoms with E-state index in [4.69, 9.17) is 4.74 Å². The number of rotatable bonds is 5. The number of ether oxygens (including phenoxy) is 1. The molecule has 3 heterocycles. The first-order chi connectivity index (χ1) is 11.3. The van der Waals surface area contributed by atoms with Gasteiger partial charge in [0.05, 0.1) is 5.01 Å². The number of hydrogen-bond acceptors (Lipinski definition) is 6. The van der Waals surface area contributed by atoms with Gasteiger partial charge in [0.25, 0.3) is 5.91 Å². The molecule has 0 N–H and O–H groups in total. The molecular weight excluding hydrogens is 312 g/mol. The lowest BCUT2D eigenvalue weighted by Crippen LogP contribution is -2.42. The molecule has 0 aromatic carbocycles. The van der Waals surface area contributed by atoms with Gasteiger partial charge < -0.3 is 9.64 Å². The Morgan fingerprint density at radius 1 is 1.35 bits per heavy atom. The summed E-state index contributed by atoms with van der Waals surface area (Å²) in [5, 5.41) is 2.91. The van der Waals surface area contributed by atoms with Crippen LogP contribution in [0.1, 0.15) is 41.7 Å². The molecular formula is C16H20N4O2S. The molecule has 0 bridgehead atoms. The standard InChI is InChI=1S/C16H20N4O2S/c1-2-4-14-19-13(11-23-14)15(21)20-9-5-12(6-10-20)22-16-17-7-3-8-18-16/h3,7-8,11-12H,2,4-6,9-10H2,1H3. The van der Waals surface area contributed by atoms with Crippen molar-refractivity contribution in [1.82, 2.24) is 19.9 Å². The van der Waals surface area contributed by atoms with Crippen molar-refractivity contribution in [2.45, 2.75) is 38.7 Å². The second-order valence-electron chi connectivity index (χ2n) is 5.52. The lowest BCUT2D eigenvalue weighted by atomic mass is 10.1. The molecule has 1 aliphatic rings. The van der Waals surface area contributed by atoms with Crippen LogP contribution >= 0.6 is 11.3 Å². The summed E-state index contributed by atoms with van der Waals surface area (Å²) in [5.41, 5.74) is 0.573. The lowest BCUT2D eigenvalue weighted by molar-refractivity contribution is 0.0574. The van der Waals surface area contributed by atoms with E-state index in [2.05, 4.69) is 21.9 Å². The van der Waals surface area contributed by atoms with E-state index >= 15 is 0 Å². The third-order valence-electron chi connectivity index (χ3n) is 3.78. The van der Waals surface area contributed by atoms with Crippen molar-refractivity contribution >= 4 is 17.2 Å². The van der Waals surface area contributed by atoms with Crippen LogP contribution in [0.25, 0.3) is 0 Å². The Bertz CT molecular complexity index is 639. The smallest absolute Gasteiger partial charge is 0.316 e. The first-order valence-electron chi connectivity index (χ1n) is 7.93. The number of aryl methyl sites for hydroxylation is 1. The number of nitrogens with zero attached hydrogens (tertiary/aromatic N) is 4. The van der Waals surface area contributed by atoms with Gasteiger partial charge in [-0.15, -0.1) is 11.3 Å². The predicted octanol–water partition coefficient (Wildman–Crippen LogP) is 2.57. The monoisotopic (exact) mass is 332 g/mol. The zero-order valence-corrected chi connectivity index (χ0v) is 14.0. The van der Waals surface area contributed by atoms with Gasteiger partial charge in [0, 0.05) is 43.7 Å². The molecule has 1 amide bonds. The molecule has 6 nitrogen and oxygen atoms in total. The van der Waals surface area contributed by atoms with Crippen molar-refractivity contribution in [3.63, 3.8) is 0 Å². The van der Waals surface area contributed by atoms with Gasteiger partial charge in [0.2, 0.25) is 0 Å². The van der Waals surface area contributed by atoms with E-state index < -0.39 is 0 Å². The van der Waals surface area contributed by atoms with E-state index in [1.807, 2.05) is 10.3 Å². The maximum atomic E-state index is 12.5. The quantitative estimate of drug-likeness (QED) is 0.842. The molecule has 23 heavy (non-hydrogen) atoms. The van der Waals surface area contributed by atoms with E-state index in [1.54, 1.807) is 29.8 Å². The summed E-state index contributed by atoms with van der Waals surface area (Å²) in [4.78, 5) is 26.9. The van der Waals surface area contributed by atoms with E-state index in [0.29, 0.717) is 24.8 Å². The maximum absolute atomic E-state index is 12.5. The topological polar surface area (TPSA) is 68.2 Å². The van der Waals surface area contributed by atoms with Gasteiger partial charge in [-0.3, -0.25) is 4.79 Å². The number of piperidine rings is 1. The lowest BCUT2D eigenvalue weighted by Gasteiger charge is -2.31. The molecule has 2 aromatic heterocycles. The summed E-state index contributed by atoms with van der Waals surface area (Å²) in [6.45, 7) is 3.47. The molecule has 0 spiro atoms. The Balaban J connectivity index is 1.52. The summed E-state index contributed by atoms with van der Waals surface area (Å²) in [6, 6.07) is 2.16. The van der Waals surface area contributed by atoms with E-state index in [0.717, 1.165) is 30.7 Å². The van der Waals surface area contributed by atoms with Crippen molar-refractivity contribution in [3.8, 4) is 6.01 Å². The average molecular weight is 332 g/mol. The normalized spacial score (nSPS) is 15.6. The van der Waals surface area contributed by atoms with Crippen molar-refractivity contribution < 1.29 is 9.53 Å². The van der Waals surface area contributed by atoms with Gasteiger partial charge in [-0.25, -0.2) is 15.0 Å². The fourth-order valence-electron chi connectivity index (χ4n) is 2.57. The van der Waals surface area contributed by atoms with Gasteiger partial charge in [-0.05, 0) is 18.9 Å². The first kappa shape index (κ1) is 15.9. The van der Waals surface area contributed by atoms with Crippen LogP contribution < -0.4 is 4.74 Å². The Morgan fingerprint density at radius 3 is 2.78 bits per heavy atom. The molecule has 1 aliphatic heterocycles. The highest BCUT2D eigenvalue weighted by Crippen LogP contribution is 2.19. The largest absolute Gasteiger partial charge is 0.460 e. The molecule has 0 saturated carbocycles. The van der Waals surface area contributed by atoms with E-state index in [1.165, 1.54) is 0 Å². The SMILES string of the molecule is CCCc1nc(C(=O)N2CCC(Oc3ncccn3)CC2)cs1. The van der Waals surface area contributed by atoms with Gasteiger partial charge in [0.15, 0.2) is 0 Å². The van der Waals surface area contributed by atoms with Crippen LogP contribution in [-0.4, -0.2) is 45.0 Å². The Hall–Kier alpha value is -2.02. The molecule has 0 aliphatic carbocycles. The molecule has 2 aromatic rings. The summed E-state index contributed by atoms with van der Waals surface area (Å²) in [5.74, 6) is 0.0259. The van der Waals surface area contributed by atoms with E-state index in [9.17, 15) is 4.79 Å². The average Bonchev–Trinajstić information content (AvgIpc) is 3.05. The van der Waals surface area contributed by atoms with Gasteiger partial charge >= 0.3 is 6.01 Å². The third-order valence-corrected chi connectivity index (χ3v) is 4.69. The van der Waals surface area contributed by atoms with Crippen LogP contribution in [0.2, 0.25) is 0 Å². The molecule has 7 heteroatoms. The number of aromatic nitrogens is 3. The third kappa shape index (κ3) is 4.04. The highest BCUT2D eigenvalue weighted by molar-refractivity contribution is 7.09. The fourth-order valence-corrected chi connectivity index (χ4v) is 3.45. The second-order valence-corrected chi connectivity index (χ2v) is 6.46. The van der Waals surface area contributed by atoms with E-state index in [-0.39, 0.29) is 12.0 Å². The van der Waals surface area contributed by atoms with Gasteiger partial charge in [0.1, 0.15) is 11.8 Å². The minimum absolute atomic E-state index is 0.0259. The summed E-state index contributed by atoms with van der Waals surface area (Å²) in [7, 11) is 0. The van der Waals surface area contributed by atoms with Crippen LogP contribution in [0.15, 0.2) is 23.8 Å². The molecule has 122 valence electrons. The maximum Gasteiger partial charge on any atom is 0.316 e. The zero-order valence-electron chi connectivity index (χ0n) is 13.1. The molecule has 1 fully saturated rings. The Kier molecular flexibility index (Phi) is 5.17. The number of hydrogen-bond donors (Lipinski definition) is 0. The summed E-state index contributed by atoms with van der Waals surface area (Å²) >= 11 is 1.57. The highest BCUT2D eigenvalue weighted by atomic mass is 32.1. The molecule has 0 radical (unpaired) electrons. The molecule has 0 atom stereocenters. The van der Waals surface area contributed by atoms with Crippen LogP contribution in [0.5, 0.6) is 6.01 Å². The van der Waals surface area contributed by atoms with Crippen LogP contribution in [-0.2, 0) is 6.42 Å². The minimum atomic E-state index is 0.0259.